The SMILES string of the molecule is COc1cc(C2CC(=O)Nc3nc(N)sc32)ccc1OCc1ccccc1F. The van der Waals surface area contributed by atoms with Gasteiger partial charge in [-0.15, -0.1) is 0 Å². The summed E-state index contributed by atoms with van der Waals surface area (Å²) in [6.45, 7) is 0.0870. The Labute approximate surface area is 165 Å². The van der Waals surface area contributed by atoms with Crippen LogP contribution in [0.2, 0.25) is 0 Å². The van der Waals surface area contributed by atoms with Crippen molar-refractivity contribution in [2.75, 3.05) is 18.2 Å². The lowest BCUT2D eigenvalue weighted by atomic mass is 9.91. The van der Waals surface area contributed by atoms with E-state index in [1.54, 1.807) is 31.4 Å². The average molecular weight is 399 g/mol. The number of halogens is 1. The minimum Gasteiger partial charge on any atom is -0.493 e. The number of benzene rings is 2. The van der Waals surface area contributed by atoms with E-state index in [1.165, 1.54) is 17.4 Å². The molecule has 2 heterocycles. The molecular weight excluding hydrogens is 381 g/mol. The highest BCUT2D eigenvalue weighted by atomic mass is 32.1. The highest BCUT2D eigenvalue weighted by molar-refractivity contribution is 7.16. The van der Waals surface area contributed by atoms with Crippen LogP contribution in [0.1, 0.15) is 28.3 Å². The molecule has 1 unspecified atom stereocenters. The molecule has 1 aromatic heterocycles. The van der Waals surface area contributed by atoms with Gasteiger partial charge >= 0.3 is 0 Å². The number of thiazole rings is 1. The Hall–Kier alpha value is -3.13. The number of hydrogen-bond donors (Lipinski definition) is 2. The van der Waals surface area contributed by atoms with Crippen molar-refractivity contribution in [3.63, 3.8) is 0 Å². The number of hydrogen-bond acceptors (Lipinski definition) is 6. The Morgan fingerprint density at radius 2 is 2.11 bits per heavy atom. The molecule has 0 bridgehead atoms. The van der Waals surface area contributed by atoms with Gasteiger partial charge in [-0.1, -0.05) is 35.6 Å². The Kier molecular flexibility index (Phi) is 4.87. The summed E-state index contributed by atoms with van der Waals surface area (Å²) in [6.07, 6.45) is 0.299. The number of amides is 1. The largest absolute Gasteiger partial charge is 0.493 e. The van der Waals surface area contributed by atoms with Crippen molar-refractivity contribution in [3.05, 3.63) is 64.3 Å². The van der Waals surface area contributed by atoms with Gasteiger partial charge in [-0.3, -0.25) is 4.79 Å². The van der Waals surface area contributed by atoms with E-state index in [4.69, 9.17) is 15.2 Å². The van der Waals surface area contributed by atoms with Gasteiger partial charge in [-0.25, -0.2) is 9.37 Å². The predicted molar refractivity (Wildman–Crippen MR) is 105 cm³/mol. The molecule has 1 atom stereocenters. The van der Waals surface area contributed by atoms with Crippen LogP contribution >= 0.6 is 11.3 Å². The first kappa shape index (κ1) is 18.2. The molecule has 144 valence electrons. The zero-order chi connectivity index (χ0) is 19.7. The number of nitrogen functional groups attached to an aromatic ring is 1. The van der Waals surface area contributed by atoms with E-state index in [9.17, 15) is 9.18 Å². The van der Waals surface area contributed by atoms with Crippen LogP contribution < -0.4 is 20.5 Å². The third-order valence-corrected chi connectivity index (χ3v) is 5.56. The van der Waals surface area contributed by atoms with Gasteiger partial charge in [0, 0.05) is 17.9 Å². The Morgan fingerprint density at radius 3 is 2.89 bits per heavy atom. The van der Waals surface area contributed by atoms with Gasteiger partial charge in [0.2, 0.25) is 5.91 Å². The van der Waals surface area contributed by atoms with Crippen molar-refractivity contribution in [2.24, 2.45) is 0 Å². The fraction of sp³-hybridized carbons (Fsp3) is 0.200. The fourth-order valence-electron chi connectivity index (χ4n) is 3.20. The van der Waals surface area contributed by atoms with Crippen molar-refractivity contribution < 1.29 is 18.7 Å². The van der Waals surface area contributed by atoms with Gasteiger partial charge in [-0.05, 0) is 23.8 Å². The normalized spacial score (nSPS) is 15.6. The molecule has 0 saturated heterocycles. The van der Waals surface area contributed by atoms with E-state index in [0.717, 1.165) is 10.4 Å². The van der Waals surface area contributed by atoms with Gasteiger partial charge in [0.1, 0.15) is 18.2 Å². The van der Waals surface area contributed by atoms with E-state index in [2.05, 4.69) is 10.3 Å². The standard InChI is InChI=1S/C20H18FN3O3S/c1-26-16-8-11(13-9-17(25)23-19-18(13)28-20(22)24-19)6-7-15(16)27-10-12-4-2-3-5-14(12)21/h2-8,13H,9-10H2,1H3,(H2,22,24)(H,23,25). The molecule has 28 heavy (non-hydrogen) atoms. The van der Waals surface area contributed by atoms with E-state index < -0.39 is 0 Å². The van der Waals surface area contributed by atoms with E-state index >= 15 is 0 Å². The molecule has 1 aliphatic heterocycles. The number of nitrogens with two attached hydrogens (primary N) is 1. The second-order valence-electron chi connectivity index (χ2n) is 6.36. The van der Waals surface area contributed by atoms with Gasteiger partial charge in [0.15, 0.2) is 16.6 Å². The minimum absolute atomic E-state index is 0.0870. The monoisotopic (exact) mass is 399 g/mol. The lowest BCUT2D eigenvalue weighted by Gasteiger charge is -2.22. The van der Waals surface area contributed by atoms with Gasteiger partial charge in [0.25, 0.3) is 0 Å². The van der Waals surface area contributed by atoms with Crippen molar-refractivity contribution in [1.29, 1.82) is 0 Å². The first-order valence-corrected chi connectivity index (χ1v) is 9.47. The maximum absolute atomic E-state index is 13.8. The summed E-state index contributed by atoms with van der Waals surface area (Å²) in [5.74, 6) is 0.941. The van der Waals surface area contributed by atoms with Crippen LogP contribution in [0.15, 0.2) is 42.5 Å². The van der Waals surface area contributed by atoms with E-state index in [0.29, 0.717) is 34.4 Å². The average Bonchev–Trinajstić information content (AvgIpc) is 3.06. The number of rotatable bonds is 5. The summed E-state index contributed by atoms with van der Waals surface area (Å²) in [5.41, 5.74) is 7.17. The first-order chi connectivity index (χ1) is 13.5. The summed E-state index contributed by atoms with van der Waals surface area (Å²) in [7, 11) is 1.54. The topological polar surface area (TPSA) is 86.5 Å². The number of fused-ring (bicyclic) bond motifs is 1. The number of methoxy groups -OCH3 is 1. The molecule has 0 spiro atoms. The molecule has 1 aliphatic rings. The number of ether oxygens (including phenoxy) is 2. The van der Waals surface area contributed by atoms with Crippen LogP contribution in [0.25, 0.3) is 0 Å². The number of aromatic nitrogens is 1. The molecule has 1 amide bonds. The molecule has 2 aromatic carbocycles. The third kappa shape index (κ3) is 3.50. The summed E-state index contributed by atoms with van der Waals surface area (Å²) in [6, 6.07) is 11.9. The zero-order valence-corrected chi connectivity index (χ0v) is 15.9. The molecule has 0 radical (unpaired) electrons. The molecule has 4 rings (SSSR count). The van der Waals surface area contributed by atoms with Gasteiger partial charge in [0.05, 0.1) is 12.0 Å². The van der Waals surface area contributed by atoms with Gasteiger partial charge in [-0.2, -0.15) is 0 Å². The number of nitrogens with zero attached hydrogens (tertiary/aromatic N) is 1. The molecule has 0 fully saturated rings. The first-order valence-electron chi connectivity index (χ1n) is 8.65. The van der Waals surface area contributed by atoms with Crippen molar-refractivity contribution in [1.82, 2.24) is 4.98 Å². The number of carbonyl (C=O) groups is 1. The summed E-state index contributed by atoms with van der Waals surface area (Å²) in [5, 5.41) is 3.16. The van der Waals surface area contributed by atoms with E-state index in [-0.39, 0.29) is 24.2 Å². The smallest absolute Gasteiger partial charge is 0.226 e. The lowest BCUT2D eigenvalue weighted by Crippen LogP contribution is -2.22. The van der Waals surface area contributed by atoms with Crippen LogP contribution in [-0.2, 0) is 11.4 Å². The van der Waals surface area contributed by atoms with Crippen LogP contribution in [0, 0.1) is 5.82 Å². The second kappa shape index (κ2) is 7.47. The van der Waals surface area contributed by atoms with Crippen LogP contribution in [0.3, 0.4) is 0 Å². The summed E-state index contributed by atoms with van der Waals surface area (Å²) in [4.78, 5) is 17.2. The van der Waals surface area contributed by atoms with Crippen molar-refractivity contribution >= 4 is 28.2 Å². The molecule has 0 saturated carbocycles. The summed E-state index contributed by atoms with van der Waals surface area (Å²) >= 11 is 1.36. The minimum atomic E-state index is -0.318. The summed E-state index contributed by atoms with van der Waals surface area (Å²) < 4.78 is 25.0. The van der Waals surface area contributed by atoms with Crippen LogP contribution in [-0.4, -0.2) is 18.0 Å². The van der Waals surface area contributed by atoms with Crippen LogP contribution in [0.5, 0.6) is 11.5 Å². The van der Waals surface area contributed by atoms with Crippen LogP contribution in [0.4, 0.5) is 15.3 Å². The molecular formula is C20H18FN3O3S. The number of carbonyl (C=O) groups excluding carboxylic acids is 1. The fourth-order valence-corrected chi connectivity index (χ4v) is 4.11. The molecule has 3 aromatic rings. The Morgan fingerprint density at radius 1 is 1.29 bits per heavy atom. The lowest BCUT2D eigenvalue weighted by molar-refractivity contribution is -0.116. The maximum Gasteiger partial charge on any atom is 0.226 e. The highest BCUT2D eigenvalue weighted by Crippen LogP contribution is 2.43. The zero-order valence-electron chi connectivity index (χ0n) is 15.1. The number of nitrogens with one attached hydrogen (secondary N) is 1. The van der Waals surface area contributed by atoms with Crippen molar-refractivity contribution in [2.45, 2.75) is 18.9 Å². The second-order valence-corrected chi connectivity index (χ2v) is 7.42. The molecule has 0 aliphatic carbocycles. The molecule has 6 nitrogen and oxygen atoms in total. The maximum atomic E-state index is 13.8. The quantitative estimate of drug-likeness (QED) is 0.679. The van der Waals surface area contributed by atoms with Gasteiger partial charge < -0.3 is 20.5 Å². The Balaban J connectivity index is 1.61. The Bertz CT molecular complexity index is 1040. The number of anilines is 2. The predicted octanol–water partition coefficient (Wildman–Crippen LogP) is 3.93. The third-order valence-electron chi connectivity index (χ3n) is 4.56. The highest BCUT2D eigenvalue weighted by Gasteiger charge is 2.30. The molecule has 8 heteroatoms. The molecule has 3 N–H and O–H groups in total. The van der Waals surface area contributed by atoms with Crippen molar-refractivity contribution in [3.8, 4) is 11.5 Å². The van der Waals surface area contributed by atoms with E-state index in [1.807, 2.05) is 12.1 Å².